The van der Waals surface area contributed by atoms with E-state index >= 15 is 0 Å². The minimum Gasteiger partial charge on any atom is -0.284 e. The van der Waals surface area contributed by atoms with Crippen LogP contribution in [0.4, 0.5) is 5.13 Å². The second-order valence-electron chi connectivity index (χ2n) is 7.86. The van der Waals surface area contributed by atoms with Crippen molar-refractivity contribution in [1.29, 1.82) is 0 Å². The second kappa shape index (κ2) is 10.4. The molecule has 0 radical (unpaired) electrons. The van der Waals surface area contributed by atoms with Crippen molar-refractivity contribution < 1.29 is 13.2 Å². The summed E-state index contributed by atoms with van der Waals surface area (Å²) in [5, 5.41) is 1.66. The number of carbonyl (C=O) groups excluding carboxylic acids is 1. The second-order valence-corrected chi connectivity index (χ2v) is 11.8. The van der Waals surface area contributed by atoms with Gasteiger partial charge in [-0.15, -0.1) is 0 Å². The maximum Gasteiger partial charge on any atom is 0.229 e. The number of nitrogens with zero attached hydrogens (tertiary/aromatic N) is 2. The fourth-order valence-electron chi connectivity index (χ4n) is 3.54. The molecule has 9 heteroatoms. The van der Waals surface area contributed by atoms with Crippen LogP contribution in [0, 0.1) is 6.92 Å². The zero-order valence-electron chi connectivity index (χ0n) is 18.4. The maximum atomic E-state index is 13.3. The molecule has 0 bridgehead atoms. The number of rotatable bonds is 8. The van der Waals surface area contributed by atoms with Crippen LogP contribution in [0.1, 0.15) is 24.0 Å². The van der Waals surface area contributed by atoms with Gasteiger partial charge in [-0.2, -0.15) is 0 Å². The molecule has 176 valence electrons. The van der Waals surface area contributed by atoms with Gasteiger partial charge in [-0.3, -0.25) is 9.69 Å². The molecule has 0 N–H and O–H groups in total. The molecule has 0 aliphatic carbocycles. The van der Waals surface area contributed by atoms with E-state index in [2.05, 4.69) is 0 Å². The number of amides is 1. The minimum absolute atomic E-state index is 0.0787. The Morgan fingerprint density at radius 2 is 1.71 bits per heavy atom. The molecule has 4 aromatic rings. The van der Waals surface area contributed by atoms with Gasteiger partial charge >= 0.3 is 0 Å². The molecule has 1 heterocycles. The van der Waals surface area contributed by atoms with Crippen LogP contribution in [0.2, 0.25) is 10.0 Å². The van der Waals surface area contributed by atoms with Crippen LogP contribution in [0.15, 0.2) is 71.6 Å². The summed E-state index contributed by atoms with van der Waals surface area (Å²) in [6.45, 7) is 2.25. The fraction of sp³-hybridized carbons (Fsp3) is 0.200. The molecule has 0 fully saturated rings. The molecule has 3 aromatic carbocycles. The van der Waals surface area contributed by atoms with E-state index in [-0.39, 0.29) is 29.4 Å². The Morgan fingerprint density at radius 3 is 2.41 bits per heavy atom. The summed E-state index contributed by atoms with van der Waals surface area (Å²) in [5.41, 5.74) is 2.59. The lowest BCUT2D eigenvalue weighted by molar-refractivity contribution is -0.118. The Kier molecular flexibility index (Phi) is 7.57. The van der Waals surface area contributed by atoms with Gasteiger partial charge in [-0.05, 0) is 60.9 Å². The number of carbonyl (C=O) groups is 1. The molecule has 1 amide bonds. The zero-order valence-corrected chi connectivity index (χ0v) is 21.5. The van der Waals surface area contributed by atoms with Gasteiger partial charge in [0.25, 0.3) is 0 Å². The van der Waals surface area contributed by atoms with E-state index in [1.807, 2.05) is 49.4 Å². The average molecular weight is 534 g/mol. The number of hydrogen-bond donors (Lipinski definition) is 0. The minimum atomic E-state index is -3.51. The zero-order chi connectivity index (χ0) is 24.3. The molecule has 0 aliphatic heterocycles. The summed E-state index contributed by atoms with van der Waals surface area (Å²) in [6.07, 6.45) is 0.278. The van der Waals surface area contributed by atoms with Gasteiger partial charge in [0.1, 0.15) is 0 Å². The van der Waals surface area contributed by atoms with Gasteiger partial charge in [0, 0.05) is 16.5 Å². The lowest BCUT2D eigenvalue weighted by Gasteiger charge is -2.20. The average Bonchev–Trinajstić information content (AvgIpc) is 3.25. The summed E-state index contributed by atoms with van der Waals surface area (Å²) < 4.78 is 26.2. The third kappa shape index (κ3) is 5.61. The van der Waals surface area contributed by atoms with Gasteiger partial charge in [-0.25, -0.2) is 13.4 Å². The first-order chi connectivity index (χ1) is 16.2. The molecule has 5 nitrogen and oxygen atoms in total. The van der Waals surface area contributed by atoms with Crippen molar-refractivity contribution >= 4 is 65.6 Å². The SMILES string of the molecule is Cc1c(Cl)ccc2sc(N(Cc3ccccc3)C(=O)CCCS(=O)(=O)c3ccc(Cl)cc3)nc12. The molecule has 0 unspecified atom stereocenters. The summed E-state index contributed by atoms with van der Waals surface area (Å²) in [5.74, 6) is -0.313. The lowest BCUT2D eigenvalue weighted by atomic mass is 10.2. The van der Waals surface area contributed by atoms with Crippen molar-refractivity contribution in [1.82, 2.24) is 4.98 Å². The van der Waals surface area contributed by atoms with Crippen LogP contribution in [0.3, 0.4) is 0 Å². The van der Waals surface area contributed by atoms with Crippen molar-refractivity contribution in [2.24, 2.45) is 0 Å². The van der Waals surface area contributed by atoms with Crippen molar-refractivity contribution in [3.63, 3.8) is 0 Å². The van der Waals surface area contributed by atoms with Crippen LogP contribution in [-0.4, -0.2) is 25.1 Å². The van der Waals surface area contributed by atoms with Gasteiger partial charge in [0.2, 0.25) is 5.91 Å². The van der Waals surface area contributed by atoms with E-state index in [0.29, 0.717) is 21.7 Å². The highest BCUT2D eigenvalue weighted by Crippen LogP contribution is 2.34. The summed E-state index contributed by atoms with van der Waals surface area (Å²) in [4.78, 5) is 19.8. The van der Waals surface area contributed by atoms with Crippen LogP contribution >= 0.6 is 34.5 Å². The molecule has 0 aliphatic rings. The van der Waals surface area contributed by atoms with Gasteiger partial charge in [0.15, 0.2) is 15.0 Å². The molecule has 0 spiro atoms. The van der Waals surface area contributed by atoms with Gasteiger partial charge < -0.3 is 0 Å². The molecule has 0 saturated heterocycles. The number of halogens is 2. The van der Waals surface area contributed by atoms with E-state index in [4.69, 9.17) is 28.2 Å². The van der Waals surface area contributed by atoms with Crippen molar-refractivity contribution in [2.75, 3.05) is 10.7 Å². The molecule has 0 saturated carbocycles. The van der Waals surface area contributed by atoms with E-state index in [9.17, 15) is 13.2 Å². The Bertz CT molecular complexity index is 1420. The van der Waals surface area contributed by atoms with Crippen molar-refractivity contribution in [2.45, 2.75) is 31.2 Å². The highest BCUT2D eigenvalue weighted by molar-refractivity contribution is 7.91. The molecule has 0 atom stereocenters. The molecular weight excluding hydrogens is 511 g/mol. The Balaban J connectivity index is 1.55. The molecular formula is C25H22Cl2N2O3S2. The number of anilines is 1. The molecule has 34 heavy (non-hydrogen) atoms. The number of benzene rings is 3. The summed E-state index contributed by atoms with van der Waals surface area (Å²) >= 11 is 13.5. The first-order valence-corrected chi connectivity index (χ1v) is 13.9. The third-order valence-corrected chi connectivity index (χ3v) is 8.95. The monoisotopic (exact) mass is 532 g/mol. The Labute approximate surface area is 212 Å². The Hall–Kier alpha value is -2.45. The number of sulfone groups is 1. The van der Waals surface area contributed by atoms with Crippen molar-refractivity contribution in [3.05, 3.63) is 87.9 Å². The summed E-state index contributed by atoms with van der Waals surface area (Å²) in [6, 6.07) is 19.4. The van der Waals surface area contributed by atoms with E-state index in [0.717, 1.165) is 21.3 Å². The topological polar surface area (TPSA) is 67.3 Å². The van der Waals surface area contributed by atoms with Crippen LogP contribution < -0.4 is 4.90 Å². The quantitative estimate of drug-likeness (QED) is 0.253. The number of hydrogen-bond acceptors (Lipinski definition) is 5. The predicted molar refractivity (Wildman–Crippen MR) is 140 cm³/mol. The van der Waals surface area contributed by atoms with Crippen molar-refractivity contribution in [3.8, 4) is 0 Å². The normalized spacial score (nSPS) is 11.6. The highest BCUT2D eigenvalue weighted by Gasteiger charge is 2.22. The van der Waals surface area contributed by atoms with Gasteiger partial charge in [-0.1, -0.05) is 64.9 Å². The lowest BCUT2D eigenvalue weighted by Crippen LogP contribution is -2.30. The standard InChI is InChI=1S/C25H22Cl2N2O3S2/c1-17-21(27)13-14-22-24(17)28-25(33-22)29(16-18-6-3-2-4-7-18)23(30)8-5-15-34(31,32)20-11-9-19(26)10-12-20/h2-4,6-7,9-14H,5,8,15-16H2,1H3. The number of thiazole rings is 1. The smallest absolute Gasteiger partial charge is 0.229 e. The summed E-state index contributed by atoms with van der Waals surface area (Å²) in [7, 11) is -3.51. The van der Waals surface area contributed by atoms with E-state index < -0.39 is 9.84 Å². The molecule has 1 aromatic heterocycles. The predicted octanol–water partition coefficient (Wildman–Crippen LogP) is 6.70. The molecule has 4 rings (SSSR count). The van der Waals surface area contributed by atoms with Crippen LogP contribution in [0.25, 0.3) is 10.2 Å². The Morgan fingerprint density at radius 1 is 1.00 bits per heavy atom. The maximum absolute atomic E-state index is 13.3. The number of fused-ring (bicyclic) bond motifs is 1. The fourth-order valence-corrected chi connectivity index (χ4v) is 6.17. The van der Waals surface area contributed by atoms with E-state index in [1.165, 1.54) is 23.5 Å². The van der Waals surface area contributed by atoms with Crippen LogP contribution in [0.5, 0.6) is 0 Å². The van der Waals surface area contributed by atoms with E-state index in [1.54, 1.807) is 17.0 Å². The number of aromatic nitrogens is 1. The van der Waals surface area contributed by atoms with Gasteiger partial charge in [0.05, 0.1) is 27.4 Å². The van der Waals surface area contributed by atoms with Crippen LogP contribution in [-0.2, 0) is 21.2 Å². The number of aryl methyl sites for hydroxylation is 1. The first kappa shape index (κ1) is 24.7. The first-order valence-electron chi connectivity index (χ1n) is 10.6. The highest BCUT2D eigenvalue weighted by atomic mass is 35.5. The third-order valence-electron chi connectivity index (χ3n) is 5.43. The largest absolute Gasteiger partial charge is 0.284 e.